The van der Waals surface area contributed by atoms with E-state index in [-0.39, 0.29) is 30.7 Å². The molecule has 4 radical (unpaired) electrons. The highest BCUT2D eigenvalue weighted by molar-refractivity contribution is 9.10. The Hall–Kier alpha value is -7.36. The van der Waals surface area contributed by atoms with Gasteiger partial charge in [0, 0.05) is 48.0 Å². The highest BCUT2D eigenvalue weighted by Crippen LogP contribution is 2.43. The van der Waals surface area contributed by atoms with Crippen LogP contribution in [0.5, 0.6) is 11.5 Å². The highest BCUT2D eigenvalue weighted by atomic mass is 79.9. The van der Waals surface area contributed by atoms with E-state index < -0.39 is 0 Å². The molecule has 10 heteroatoms. The summed E-state index contributed by atoms with van der Waals surface area (Å²) in [5.74, 6) is 1.66. The normalized spacial score (nSPS) is 11.1. The third-order valence-electron chi connectivity index (χ3n) is 13.1. The summed E-state index contributed by atoms with van der Waals surface area (Å²) < 4.78 is 26.5. The molecule has 364 valence electrons. The summed E-state index contributed by atoms with van der Waals surface area (Å²) in [5, 5.41) is 15.1. The van der Waals surface area contributed by atoms with E-state index in [0.29, 0.717) is 10.0 Å². The minimum absolute atomic E-state index is 0. The molecular weight excluding hydrogens is 1010 g/mol. The second-order valence-corrected chi connectivity index (χ2v) is 19.1. The number of para-hydroxylation sites is 2. The fourth-order valence-electron chi connectivity index (χ4n) is 9.88. The number of methoxy groups -OCH3 is 2. The van der Waals surface area contributed by atoms with Crippen LogP contribution >= 0.6 is 39.1 Å². The van der Waals surface area contributed by atoms with Crippen molar-refractivity contribution in [1.29, 1.82) is 0 Å². The quantitative estimate of drug-likeness (QED) is 0.141. The van der Waals surface area contributed by atoms with E-state index in [1.54, 1.807) is 14.2 Å². The topological polar surface area (TPSA) is 65.5 Å². The van der Waals surface area contributed by atoms with E-state index in [1.807, 2.05) is 42.5 Å². The van der Waals surface area contributed by atoms with Crippen molar-refractivity contribution in [3.05, 3.63) is 203 Å². The molecule has 0 atom stereocenters. The Bertz CT molecular complexity index is 4380. The molecule has 0 fully saturated rings. The Morgan fingerprint density at radius 1 is 0.493 bits per heavy atom. The third kappa shape index (κ3) is 8.92. The average Bonchev–Trinajstić information content (AvgIpc) is 4.12. The number of benzene rings is 10. The number of aromatic nitrogens is 2. The highest BCUT2D eigenvalue weighted by Gasteiger charge is 2.19. The minimum Gasteiger partial charge on any atom is -1.00 e. The third-order valence-corrected chi connectivity index (χ3v) is 14.2. The Morgan fingerprint density at radius 2 is 1.03 bits per heavy atom. The lowest BCUT2D eigenvalue weighted by Gasteiger charge is -2.11. The molecule has 0 unspecified atom stereocenters. The summed E-state index contributed by atoms with van der Waals surface area (Å²) >= 11 is 16.5. The summed E-state index contributed by atoms with van der Waals surface area (Å²) in [4.78, 5) is 3.31. The van der Waals surface area contributed by atoms with Gasteiger partial charge in [-0.05, 0) is 144 Å². The molecule has 0 aliphatic rings. The Morgan fingerprint density at radius 3 is 1.66 bits per heavy atom. The van der Waals surface area contributed by atoms with Crippen LogP contribution < -0.4 is 9.47 Å². The molecule has 0 aliphatic heterocycles. The fourth-order valence-corrected chi connectivity index (χ4v) is 10.7. The number of nitrogens with zero attached hydrogens (tertiary/aromatic N) is 1. The van der Waals surface area contributed by atoms with E-state index in [0.717, 1.165) is 109 Å². The first-order valence-corrected chi connectivity index (χ1v) is 24.1. The lowest BCUT2D eigenvalue weighted by atomic mass is 10.0. The number of nitrogens with one attached hydrogen (secondary N) is 1. The molecule has 14 rings (SSSR count). The van der Waals surface area contributed by atoms with E-state index >= 15 is 0 Å². The van der Waals surface area contributed by atoms with Crippen molar-refractivity contribution in [2.24, 2.45) is 0 Å². The van der Waals surface area contributed by atoms with Gasteiger partial charge in [0.25, 0.3) is 0 Å². The number of hydrogen-bond donors (Lipinski definition) is 1. The van der Waals surface area contributed by atoms with Crippen LogP contribution in [0.15, 0.2) is 183 Å². The van der Waals surface area contributed by atoms with E-state index in [2.05, 4.69) is 167 Å². The zero-order valence-corrected chi connectivity index (χ0v) is 42.6. The second-order valence-electron chi connectivity index (χ2n) is 17.4. The summed E-state index contributed by atoms with van der Waals surface area (Å²) in [6.45, 7) is 4.17. The Labute approximate surface area is 444 Å². The molecule has 73 heavy (non-hydrogen) atoms. The van der Waals surface area contributed by atoms with Gasteiger partial charge in [0.2, 0.25) is 0 Å². The van der Waals surface area contributed by atoms with Gasteiger partial charge in [-0.15, -0.1) is 0 Å². The predicted molar refractivity (Wildman–Crippen MR) is 319 cm³/mol. The van der Waals surface area contributed by atoms with Gasteiger partial charge in [-0.3, -0.25) is 0 Å². The Balaban J connectivity index is 0.000000155. The number of aryl methyl sites for hydroxylation is 2. The molecular formula is C63H52BBrCl2N2O4-2. The van der Waals surface area contributed by atoms with E-state index in [1.165, 1.54) is 32.7 Å². The van der Waals surface area contributed by atoms with Gasteiger partial charge in [-0.2, -0.15) is 0 Å². The fraction of sp³-hybridized carbons (Fsp3) is 0.0952. The summed E-state index contributed by atoms with van der Waals surface area (Å²) in [6.07, 6.45) is 0. The Kier molecular flexibility index (Phi) is 14.7. The van der Waals surface area contributed by atoms with Gasteiger partial charge in [0.15, 0.2) is 0 Å². The van der Waals surface area contributed by atoms with Crippen LogP contribution in [0.1, 0.15) is 26.0 Å². The van der Waals surface area contributed by atoms with Gasteiger partial charge >= 0.3 is 0 Å². The standard InChI is InChI=1S/C30H20ClNO2.C17H11BrO.C13H10ClNO.2CH4.CH3.B/c1-17-7-10-21-23-15-19-14-20(9-8-18(19)16-28(23)34-27(21)13-17)32-25-6-4-3-5-22(25)29-26(33-2)12-11-24(31)30(29)32;1-10-2-5-14-15-8-12-7-13(18)4-3-11(12)9-17(15)19-16(14)6-10;1-16-11-7-6-9(14)13-12(11)8-4-2-3-5-10(8)15-13;;;;/h3-16H,1-2H3;2-9H,1H3;2-7,15H,1H3;2*1H4;1H3;/q;;;;;2*-1. The number of fused-ring (bicyclic) bond motifs is 14. The van der Waals surface area contributed by atoms with E-state index in [9.17, 15) is 0 Å². The molecule has 6 nitrogen and oxygen atoms in total. The van der Waals surface area contributed by atoms with Crippen LogP contribution in [0, 0.1) is 21.3 Å². The maximum absolute atomic E-state index is 6.78. The van der Waals surface area contributed by atoms with Crippen molar-refractivity contribution in [2.75, 3.05) is 14.2 Å². The van der Waals surface area contributed by atoms with Crippen molar-refractivity contribution in [3.63, 3.8) is 0 Å². The van der Waals surface area contributed by atoms with Crippen LogP contribution in [-0.2, 0) is 0 Å². The SMILES string of the molecule is C.C.COc1ccc(Cl)c2[nH]c3ccccc3c12.COc1ccc(Cl)c2c1c1ccccc1n2-c1ccc2cc3oc4cc(C)ccc4c3cc2c1.Cc1ccc2c(c1)oc1cc3ccc(Br)cc3cc12.[B-].[CH3-]. The van der Waals surface area contributed by atoms with Crippen molar-refractivity contribution in [2.45, 2.75) is 28.7 Å². The largest absolute Gasteiger partial charge is 1.00 e. The monoisotopic (exact) mass is 1060 g/mol. The molecule has 0 bridgehead atoms. The first kappa shape index (κ1) is 52.0. The van der Waals surface area contributed by atoms with Crippen molar-refractivity contribution < 1.29 is 18.3 Å². The van der Waals surface area contributed by atoms with Crippen molar-refractivity contribution in [3.8, 4) is 17.2 Å². The maximum Gasteiger partial charge on any atom is 0.136 e. The van der Waals surface area contributed by atoms with Crippen molar-refractivity contribution >= 4 is 157 Å². The summed E-state index contributed by atoms with van der Waals surface area (Å²) in [7, 11) is 3.37. The maximum atomic E-state index is 6.78. The first-order valence-electron chi connectivity index (χ1n) is 22.5. The smallest absolute Gasteiger partial charge is 0.136 e. The molecule has 14 aromatic rings. The number of furan rings is 2. The molecule has 10 aromatic carbocycles. The number of hydrogen-bond acceptors (Lipinski definition) is 4. The van der Waals surface area contributed by atoms with Crippen LogP contribution in [0.4, 0.5) is 0 Å². The molecule has 0 aliphatic carbocycles. The van der Waals surface area contributed by atoms with Crippen LogP contribution in [0.3, 0.4) is 0 Å². The number of H-pyrrole nitrogens is 1. The van der Waals surface area contributed by atoms with Crippen LogP contribution in [0.25, 0.3) is 115 Å². The number of aromatic amines is 1. The number of rotatable bonds is 3. The first-order chi connectivity index (χ1) is 33.6. The van der Waals surface area contributed by atoms with E-state index in [4.69, 9.17) is 41.5 Å². The van der Waals surface area contributed by atoms with Gasteiger partial charge in [-0.25, -0.2) is 0 Å². The molecule has 0 amide bonds. The zero-order chi connectivity index (χ0) is 47.1. The van der Waals surface area contributed by atoms with Gasteiger partial charge in [0.1, 0.15) is 33.8 Å². The summed E-state index contributed by atoms with van der Waals surface area (Å²) in [6, 6.07) is 58.3. The molecule has 0 saturated heterocycles. The number of ether oxygens (including phenoxy) is 2. The van der Waals surface area contributed by atoms with Crippen molar-refractivity contribution in [1.82, 2.24) is 9.55 Å². The lowest BCUT2D eigenvalue weighted by molar-refractivity contribution is 0.420. The van der Waals surface area contributed by atoms with Gasteiger partial charge < -0.3 is 43.7 Å². The van der Waals surface area contributed by atoms with Crippen LogP contribution in [-0.4, -0.2) is 32.2 Å². The van der Waals surface area contributed by atoms with Gasteiger partial charge in [-0.1, -0.05) is 127 Å². The molecule has 4 aromatic heterocycles. The number of halogens is 3. The van der Waals surface area contributed by atoms with Crippen LogP contribution in [0.2, 0.25) is 10.0 Å². The molecule has 4 heterocycles. The summed E-state index contributed by atoms with van der Waals surface area (Å²) in [5.41, 5.74) is 11.3. The lowest BCUT2D eigenvalue weighted by Crippen LogP contribution is -1.95. The zero-order valence-electron chi connectivity index (χ0n) is 39.5. The molecule has 0 spiro atoms. The average molecular weight is 1060 g/mol. The predicted octanol–water partition coefficient (Wildman–Crippen LogP) is 19.9. The molecule has 1 N–H and O–H groups in total. The minimum atomic E-state index is 0. The second kappa shape index (κ2) is 20.6. The van der Waals surface area contributed by atoms with Gasteiger partial charge in [0.05, 0.1) is 51.6 Å². The molecule has 0 saturated carbocycles.